The van der Waals surface area contributed by atoms with E-state index in [-0.39, 0.29) is 44.1 Å². The van der Waals surface area contributed by atoms with E-state index in [9.17, 15) is 19.8 Å². The van der Waals surface area contributed by atoms with Crippen LogP contribution in [0.3, 0.4) is 0 Å². The van der Waals surface area contributed by atoms with Gasteiger partial charge in [0.2, 0.25) is 18.6 Å². The maximum atomic E-state index is 13.6. The summed E-state index contributed by atoms with van der Waals surface area (Å²) < 4.78 is 10.8. The third-order valence-electron chi connectivity index (χ3n) is 7.90. The summed E-state index contributed by atoms with van der Waals surface area (Å²) in [6, 6.07) is 15.0. The zero-order valence-corrected chi connectivity index (χ0v) is 19.7. The van der Waals surface area contributed by atoms with Crippen LogP contribution in [-0.2, 0) is 27.6 Å². The molecule has 2 heterocycles. The lowest BCUT2D eigenvalue weighted by Gasteiger charge is -2.45. The van der Waals surface area contributed by atoms with E-state index in [0.717, 1.165) is 11.1 Å². The number of rotatable bonds is 5. The zero-order chi connectivity index (χ0) is 24.8. The van der Waals surface area contributed by atoms with E-state index >= 15 is 0 Å². The van der Waals surface area contributed by atoms with Crippen LogP contribution in [0.1, 0.15) is 30.4 Å². The number of carbonyl (C=O) groups is 2. The fourth-order valence-electron chi connectivity index (χ4n) is 6.18. The van der Waals surface area contributed by atoms with Gasteiger partial charge >= 0.3 is 0 Å². The Morgan fingerprint density at radius 1 is 0.944 bits per heavy atom. The molecule has 6 rings (SSSR count). The maximum Gasteiger partial charge on any atom is 0.233 e. The van der Waals surface area contributed by atoms with Gasteiger partial charge in [0, 0.05) is 18.3 Å². The summed E-state index contributed by atoms with van der Waals surface area (Å²) in [6.07, 6.45) is -0.889. The number of aliphatic hydroxyl groups excluding tert-OH is 2. The first-order valence-electron chi connectivity index (χ1n) is 12.3. The number of hydrogen-bond acceptors (Lipinski definition) is 8. The molecule has 0 radical (unpaired) electrons. The Morgan fingerprint density at radius 3 is 2.56 bits per heavy atom. The lowest BCUT2D eigenvalue weighted by Crippen LogP contribution is -2.54. The van der Waals surface area contributed by atoms with E-state index in [1.807, 2.05) is 36.4 Å². The van der Waals surface area contributed by atoms with Gasteiger partial charge in [-0.3, -0.25) is 14.5 Å². The number of fused-ring (bicyclic) bond motifs is 4. The molecule has 0 spiro atoms. The molecule has 2 amide bonds. The van der Waals surface area contributed by atoms with Crippen LogP contribution in [-0.4, -0.2) is 51.6 Å². The minimum atomic E-state index is -1.11. The number of benzene rings is 2. The third-order valence-corrected chi connectivity index (χ3v) is 7.90. The summed E-state index contributed by atoms with van der Waals surface area (Å²) in [5, 5.41) is 25.9. The molecule has 9 heteroatoms. The standard InChI is InChI=1S/C27H28N2O7/c30-20-11-19(28-36-13-15-4-2-1-3-5-15)17-7-8-18-24(23(17)25(20)31)27(33)29(26(18)32)12-16-6-9-21-22(10-16)35-14-34-21/h1-6,9-10,17-18,20,23-25,30-31H,7-8,11-14H2/t17-,18-,20-,23-,24-,25+/m1/s1. The van der Waals surface area contributed by atoms with Crippen LogP contribution in [0.5, 0.6) is 11.5 Å². The molecule has 4 aliphatic rings. The second-order valence-corrected chi connectivity index (χ2v) is 9.95. The molecule has 2 aromatic carbocycles. The van der Waals surface area contributed by atoms with Crippen LogP contribution in [0.15, 0.2) is 53.7 Å². The summed E-state index contributed by atoms with van der Waals surface area (Å²) >= 11 is 0. The van der Waals surface area contributed by atoms with E-state index in [0.29, 0.717) is 30.1 Å². The molecule has 6 atom stereocenters. The molecular weight excluding hydrogens is 464 g/mol. The predicted molar refractivity (Wildman–Crippen MR) is 127 cm³/mol. The minimum absolute atomic E-state index is 0.123. The Labute approximate surface area is 208 Å². The highest BCUT2D eigenvalue weighted by atomic mass is 16.7. The summed E-state index contributed by atoms with van der Waals surface area (Å²) in [4.78, 5) is 33.8. The molecule has 0 unspecified atom stereocenters. The molecule has 2 aliphatic carbocycles. The van der Waals surface area contributed by atoms with Gasteiger partial charge in [0.25, 0.3) is 0 Å². The number of aliphatic hydroxyl groups is 2. The number of oxime groups is 1. The van der Waals surface area contributed by atoms with Crippen molar-refractivity contribution in [3.63, 3.8) is 0 Å². The van der Waals surface area contributed by atoms with Crippen LogP contribution in [0.25, 0.3) is 0 Å². The molecule has 0 bridgehead atoms. The van der Waals surface area contributed by atoms with Gasteiger partial charge in [-0.05, 0) is 36.1 Å². The van der Waals surface area contributed by atoms with E-state index in [4.69, 9.17) is 14.3 Å². The van der Waals surface area contributed by atoms with Crippen LogP contribution in [0, 0.1) is 23.7 Å². The molecule has 36 heavy (non-hydrogen) atoms. The fraction of sp³-hybridized carbons (Fsp3) is 0.444. The molecule has 188 valence electrons. The average molecular weight is 493 g/mol. The number of ether oxygens (including phenoxy) is 2. The highest BCUT2D eigenvalue weighted by Gasteiger charge is 2.59. The number of likely N-dealkylation sites (tertiary alicyclic amines) is 1. The van der Waals surface area contributed by atoms with Crippen molar-refractivity contribution in [2.75, 3.05) is 6.79 Å². The highest BCUT2D eigenvalue weighted by Crippen LogP contribution is 2.50. The SMILES string of the molecule is O=C1[C@H]2[C@@H]3[C@@H](O)[C@H](O)CC(=NOCc4ccccc4)[C@H]3CC[C@H]2C(=O)N1Cc1ccc2c(c1)OCO2. The molecule has 2 N–H and O–H groups in total. The first-order valence-corrected chi connectivity index (χ1v) is 12.3. The Morgan fingerprint density at radius 2 is 1.72 bits per heavy atom. The van der Waals surface area contributed by atoms with Gasteiger partial charge in [-0.2, -0.15) is 0 Å². The predicted octanol–water partition coefficient (Wildman–Crippen LogP) is 2.24. The second-order valence-electron chi connectivity index (χ2n) is 9.95. The van der Waals surface area contributed by atoms with Crippen LogP contribution < -0.4 is 9.47 Å². The van der Waals surface area contributed by atoms with Crippen molar-refractivity contribution in [3.05, 3.63) is 59.7 Å². The molecule has 9 nitrogen and oxygen atoms in total. The Hall–Kier alpha value is -3.43. The number of hydrogen-bond donors (Lipinski definition) is 2. The van der Waals surface area contributed by atoms with Crippen molar-refractivity contribution in [2.24, 2.45) is 28.8 Å². The first kappa shape index (κ1) is 23.0. The van der Waals surface area contributed by atoms with Gasteiger partial charge in [-0.1, -0.05) is 41.6 Å². The Bertz CT molecular complexity index is 1200. The maximum absolute atomic E-state index is 13.6. The van der Waals surface area contributed by atoms with Crippen LogP contribution in [0.4, 0.5) is 0 Å². The third kappa shape index (κ3) is 3.92. The van der Waals surface area contributed by atoms with Gasteiger partial charge < -0.3 is 24.5 Å². The molecule has 0 aromatic heterocycles. The van der Waals surface area contributed by atoms with Gasteiger partial charge in [0.15, 0.2) is 11.5 Å². The lowest BCUT2D eigenvalue weighted by molar-refractivity contribution is -0.142. The van der Waals surface area contributed by atoms with Gasteiger partial charge in [0.1, 0.15) is 6.61 Å². The first-order chi connectivity index (χ1) is 17.5. The van der Waals surface area contributed by atoms with Crippen molar-refractivity contribution < 1.29 is 34.1 Å². The Kier molecular flexibility index (Phi) is 5.89. The van der Waals surface area contributed by atoms with Crippen LogP contribution in [0.2, 0.25) is 0 Å². The minimum Gasteiger partial charge on any atom is -0.454 e. The normalized spacial score (nSPS) is 31.9. The topological polar surface area (TPSA) is 118 Å². The summed E-state index contributed by atoms with van der Waals surface area (Å²) in [7, 11) is 0. The van der Waals surface area contributed by atoms with Crippen molar-refractivity contribution in [3.8, 4) is 11.5 Å². The fourth-order valence-corrected chi connectivity index (χ4v) is 6.18. The highest BCUT2D eigenvalue weighted by molar-refractivity contribution is 6.06. The van der Waals surface area contributed by atoms with Crippen molar-refractivity contribution in [1.82, 2.24) is 4.90 Å². The number of carbonyl (C=O) groups excluding carboxylic acids is 2. The van der Waals surface area contributed by atoms with Crippen molar-refractivity contribution >= 4 is 17.5 Å². The lowest BCUT2D eigenvalue weighted by atomic mass is 9.60. The van der Waals surface area contributed by atoms with Crippen molar-refractivity contribution in [2.45, 2.75) is 44.6 Å². The Balaban J connectivity index is 1.22. The molecule has 1 saturated heterocycles. The molecule has 3 fully saturated rings. The average Bonchev–Trinajstić information content (AvgIpc) is 3.45. The summed E-state index contributed by atoms with van der Waals surface area (Å²) in [6.45, 7) is 0.554. The van der Waals surface area contributed by atoms with E-state index < -0.39 is 30.0 Å². The van der Waals surface area contributed by atoms with Crippen molar-refractivity contribution in [1.29, 1.82) is 0 Å². The van der Waals surface area contributed by atoms with E-state index in [1.54, 1.807) is 12.1 Å². The van der Waals surface area contributed by atoms with Gasteiger partial charge in [-0.25, -0.2) is 0 Å². The largest absolute Gasteiger partial charge is 0.454 e. The summed E-state index contributed by atoms with van der Waals surface area (Å²) in [5.41, 5.74) is 2.37. The summed E-state index contributed by atoms with van der Waals surface area (Å²) in [5.74, 6) is -1.36. The van der Waals surface area contributed by atoms with E-state index in [2.05, 4.69) is 5.16 Å². The second kappa shape index (κ2) is 9.22. The van der Waals surface area contributed by atoms with Crippen LogP contribution >= 0.6 is 0 Å². The number of imide groups is 1. The van der Waals surface area contributed by atoms with Gasteiger partial charge in [-0.15, -0.1) is 0 Å². The number of nitrogens with zero attached hydrogens (tertiary/aromatic N) is 2. The molecule has 2 aromatic rings. The van der Waals surface area contributed by atoms with Gasteiger partial charge in [0.05, 0.1) is 36.3 Å². The quantitative estimate of drug-likeness (QED) is 0.486. The monoisotopic (exact) mass is 492 g/mol. The van der Waals surface area contributed by atoms with E-state index in [1.165, 1.54) is 4.90 Å². The smallest absolute Gasteiger partial charge is 0.233 e. The molecular formula is C27H28N2O7. The molecule has 2 saturated carbocycles. The number of amides is 2. The molecule has 2 aliphatic heterocycles. The zero-order valence-electron chi connectivity index (χ0n) is 19.7.